The summed E-state index contributed by atoms with van der Waals surface area (Å²) in [5.41, 5.74) is 0.145. The lowest BCUT2D eigenvalue weighted by Gasteiger charge is -2.15. The number of nitrogens with one attached hydrogen (secondary N) is 1. The lowest BCUT2D eigenvalue weighted by molar-refractivity contribution is -0.991. The molecule has 0 aromatic heterocycles. The average molecular weight is 241 g/mol. The normalized spacial score (nSPS) is 12.4. The van der Waals surface area contributed by atoms with E-state index >= 15 is 0 Å². The summed E-state index contributed by atoms with van der Waals surface area (Å²) in [6, 6.07) is 4.08. The number of hydrogen-bond acceptors (Lipinski definition) is 5. The van der Waals surface area contributed by atoms with Crippen LogP contribution >= 0.6 is 0 Å². The predicted molar refractivity (Wildman–Crippen MR) is 59.3 cm³/mol. The maximum absolute atomic E-state index is 11.4. The Kier molecular flexibility index (Phi) is 4.45. The molecule has 6 heteroatoms. The minimum absolute atomic E-state index is 0.0106. The predicted octanol–water partition coefficient (Wildman–Crippen LogP) is 0.664. The summed E-state index contributed by atoms with van der Waals surface area (Å²) >= 11 is 0. The largest absolute Gasteiger partial charge is 0.595 e. The fourth-order valence-corrected chi connectivity index (χ4v) is 1.30. The van der Waals surface area contributed by atoms with Crippen molar-refractivity contribution in [3.8, 4) is 5.75 Å². The Morgan fingerprint density at radius 2 is 2.06 bits per heavy atom. The zero-order valence-electron chi connectivity index (χ0n) is 9.89. The molecule has 0 amide bonds. The minimum Gasteiger partial charge on any atom is -0.595 e. The van der Waals surface area contributed by atoms with Gasteiger partial charge in [-0.3, -0.25) is 0 Å². The van der Waals surface area contributed by atoms with E-state index in [-0.39, 0.29) is 17.4 Å². The highest BCUT2D eigenvalue weighted by Gasteiger charge is 2.13. The molecule has 0 aliphatic rings. The van der Waals surface area contributed by atoms with E-state index in [1.165, 1.54) is 25.3 Å². The molecule has 6 nitrogen and oxygen atoms in total. The highest BCUT2D eigenvalue weighted by molar-refractivity contribution is 5.90. The highest BCUT2D eigenvalue weighted by Crippen LogP contribution is 2.20. The molecule has 0 spiro atoms. The summed E-state index contributed by atoms with van der Waals surface area (Å²) in [6.07, 6.45) is -0.107. The smallest absolute Gasteiger partial charge is 0.338 e. The number of carbonyl (C=O) groups is 1. The fourth-order valence-electron chi connectivity index (χ4n) is 1.30. The third kappa shape index (κ3) is 3.70. The lowest BCUT2D eigenvalue weighted by Crippen LogP contribution is -2.99. The van der Waals surface area contributed by atoms with Gasteiger partial charge in [-0.05, 0) is 19.9 Å². The maximum Gasteiger partial charge on any atom is 0.338 e. The first-order valence-corrected chi connectivity index (χ1v) is 5.07. The highest BCUT2D eigenvalue weighted by atomic mass is 16.8. The first-order chi connectivity index (χ1) is 7.93. The summed E-state index contributed by atoms with van der Waals surface area (Å²) in [5, 5.41) is 18.7. The topological polar surface area (TPSA) is 83.3 Å². The summed E-state index contributed by atoms with van der Waals surface area (Å²) in [7, 11) is 1.23. The second-order valence-corrected chi connectivity index (χ2v) is 3.71. The second kappa shape index (κ2) is 5.62. The SMILES string of the molecule is COC(=O)c1cc(OC(C)C)cc([NH+]([O-])O)c1. The Morgan fingerprint density at radius 1 is 1.41 bits per heavy atom. The van der Waals surface area contributed by atoms with Crippen molar-refractivity contribution in [3.05, 3.63) is 29.0 Å². The fraction of sp³-hybridized carbons (Fsp3) is 0.364. The van der Waals surface area contributed by atoms with Gasteiger partial charge in [0, 0.05) is 12.1 Å². The Balaban J connectivity index is 3.14. The molecule has 1 unspecified atom stereocenters. The van der Waals surface area contributed by atoms with E-state index in [9.17, 15) is 10.0 Å². The Bertz CT molecular complexity index is 403. The number of methoxy groups -OCH3 is 1. The average Bonchev–Trinajstić information content (AvgIpc) is 2.26. The summed E-state index contributed by atoms with van der Waals surface area (Å²) in [5.74, 6) is -0.262. The van der Waals surface area contributed by atoms with Crippen LogP contribution in [0.5, 0.6) is 5.75 Å². The van der Waals surface area contributed by atoms with Gasteiger partial charge < -0.3 is 14.7 Å². The molecule has 94 valence electrons. The minimum atomic E-state index is -1.12. The molecule has 17 heavy (non-hydrogen) atoms. The number of benzene rings is 1. The molecule has 0 heterocycles. The van der Waals surface area contributed by atoms with Crippen LogP contribution in [0, 0.1) is 5.21 Å². The zero-order chi connectivity index (χ0) is 13.0. The zero-order valence-corrected chi connectivity index (χ0v) is 9.89. The van der Waals surface area contributed by atoms with Crippen molar-refractivity contribution in [1.82, 2.24) is 0 Å². The van der Waals surface area contributed by atoms with Crippen molar-refractivity contribution in [3.63, 3.8) is 0 Å². The number of quaternary nitrogens is 1. The standard InChI is InChI=1S/C11H15NO5/c1-7(2)17-10-5-8(11(13)16-3)4-9(6-10)12(14)15/h4-7,12,14H,1-3H3. The van der Waals surface area contributed by atoms with Crippen LogP contribution in [-0.4, -0.2) is 24.4 Å². The summed E-state index contributed by atoms with van der Waals surface area (Å²) in [6.45, 7) is 3.62. The van der Waals surface area contributed by atoms with Gasteiger partial charge in [-0.2, -0.15) is 5.23 Å². The van der Waals surface area contributed by atoms with Crippen LogP contribution in [0.25, 0.3) is 0 Å². The van der Waals surface area contributed by atoms with Crippen molar-refractivity contribution in [2.45, 2.75) is 20.0 Å². The number of rotatable bonds is 4. The van der Waals surface area contributed by atoms with Gasteiger partial charge in [-0.15, -0.1) is 0 Å². The molecular formula is C11H15NO5. The van der Waals surface area contributed by atoms with Crippen molar-refractivity contribution < 1.29 is 24.7 Å². The van der Waals surface area contributed by atoms with E-state index in [1.807, 2.05) is 13.8 Å². The van der Waals surface area contributed by atoms with Gasteiger partial charge in [0.05, 0.1) is 18.8 Å². The first kappa shape index (κ1) is 13.4. The van der Waals surface area contributed by atoms with Crippen LogP contribution in [0.2, 0.25) is 0 Å². The van der Waals surface area contributed by atoms with Crippen LogP contribution in [-0.2, 0) is 4.74 Å². The van der Waals surface area contributed by atoms with E-state index in [0.717, 1.165) is 0 Å². The molecule has 1 atom stereocenters. The van der Waals surface area contributed by atoms with Crippen LogP contribution in [0.1, 0.15) is 24.2 Å². The molecule has 0 aliphatic heterocycles. The maximum atomic E-state index is 11.4. The van der Waals surface area contributed by atoms with Gasteiger partial charge in [0.1, 0.15) is 5.75 Å². The lowest BCUT2D eigenvalue weighted by atomic mass is 10.2. The van der Waals surface area contributed by atoms with Gasteiger partial charge in [0.15, 0.2) is 5.69 Å². The summed E-state index contributed by atoms with van der Waals surface area (Å²) < 4.78 is 9.91. The first-order valence-electron chi connectivity index (χ1n) is 5.07. The van der Waals surface area contributed by atoms with Gasteiger partial charge >= 0.3 is 5.97 Å². The van der Waals surface area contributed by atoms with Crippen LogP contribution in [0.4, 0.5) is 5.69 Å². The third-order valence-corrected chi connectivity index (χ3v) is 1.95. The van der Waals surface area contributed by atoms with E-state index in [0.29, 0.717) is 5.75 Å². The molecule has 0 fully saturated rings. The van der Waals surface area contributed by atoms with Gasteiger partial charge in [-0.25, -0.2) is 10.0 Å². The molecule has 0 saturated carbocycles. The number of ether oxygens (including phenoxy) is 2. The Hall–Kier alpha value is -1.63. The molecule has 1 rings (SSSR count). The van der Waals surface area contributed by atoms with E-state index in [2.05, 4.69) is 4.74 Å². The monoisotopic (exact) mass is 241 g/mol. The molecule has 0 bridgehead atoms. The quantitative estimate of drug-likeness (QED) is 0.597. The van der Waals surface area contributed by atoms with Crippen molar-refractivity contribution in [2.75, 3.05) is 7.11 Å². The second-order valence-electron chi connectivity index (χ2n) is 3.71. The Morgan fingerprint density at radius 3 is 2.53 bits per heavy atom. The molecule has 0 radical (unpaired) electrons. The van der Waals surface area contributed by atoms with Gasteiger partial charge in [0.2, 0.25) is 0 Å². The molecule has 2 N–H and O–H groups in total. The van der Waals surface area contributed by atoms with Crippen molar-refractivity contribution >= 4 is 11.7 Å². The van der Waals surface area contributed by atoms with E-state index in [1.54, 1.807) is 0 Å². The molecule has 0 aliphatic carbocycles. The molecule has 1 aromatic rings. The van der Waals surface area contributed by atoms with Gasteiger partial charge in [0.25, 0.3) is 0 Å². The van der Waals surface area contributed by atoms with Crippen LogP contribution < -0.4 is 9.96 Å². The molecule has 1 aromatic carbocycles. The molecule has 0 saturated heterocycles. The number of carbonyl (C=O) groups excluding carboxylic acids is 1. The van der Waals surface area contributed by atoms with E-state index in [4.69, 9.17) is 9.94 Å². The summed E-state index contributed by atoms with van der Waals surface area (Å²) in [4.78, 5) is 11.4. The number of esters is 1. The third-order valence-electron chi connectivity index (χ3n) is 1.95. The van der Waals surface area contributed by atoms with Crippen LogP contribution in [0.3, 0.4) is 0 Å². The number of hydrogen-bond donors (Lipinski definition) is 2. The van der Waals surface area contributed by atoms with Crippen molar-refractivity contribution in [1.29, 1.82) is 0 Å². The van der Waals surface area contributed by atoms with Crippen molar-refractivity contribution in [2.24, 2.45) is 0 Å². The molecular weight excluding hydrogens is 226 g/mol. The van der Waals surface area contributed by atoms with E-state index < -0.39 is 11.2 Å². The van der Waals surface area contributed by atoms with Gasteiger partial charge in [-0.1, -0.05) is 0 Å². The van der Waals surface area contributed by atoms with Crippen LogP contribution in [0.15, 0.2) is 18.2 Å². The Labute approximate surface area is 98.9 Å².